The van der Waals surface area contributed by atoms with Crippen LogP contribution in [0.1, 0.15) is 45.4 Å². The predicted octanol–water partition coefficient (Wildman–Crippen LogP) is 4.22. The number of benzene rings is 1. The quantitative estimate of drug-likeness (QED) is 0.474. The molecule has 3 rings (SSSR count). The Morgan fingerprint density at radius 2 is 1.82 bits per heavy atom. The zero-order chi connectivity index (χ0) is 20.3. The first kappa shape index (κ1) is 19.6. The molecule has 0 atom stereocenters. The standard InChI is InChI=1S/C22H25N3O3/c1-14-6-8-19(9-7-14)12-25-17(4)20(16(3)24-25)10-11-22(26)27-13-21-23-15(2)18(5)28-21/h6-11H,12-13H2,1-5H3/b11-10+. The number of rotatable bonds is 6. The lowest BCUT2D eigenvalue weighted by Crippen LogP contribution is -2.04. The van der Waals surface area contributed by atoms with Gasteiger partial charge in [-0.2, -0.15) is 5.10 Å². The van der Waals surface area contributed by atoms with E-state index in [1.54, 1.807) is 6.08 Å². The molecule has 6 nitrogen and oxygen atoms in total. The second-order valence-electron chi connectivity index (χ2n) is 6.92. The summed E-state index contributed by atoms with van der Waals surface area (Å²) < 4.78 is 12.6. The summed E-state index contributed by atoms with van der Waals surface area (Å²) in [6, 6.07) is 8.39. The molecule has 3 aromatic rings. The molecule has 6 heteroatoms. The van der Waals surface area contributed by atoms with E-state index < -0.39 is 5.97 Å². The average Bonchev–Trinajstić information content (AvgIpc) is 3.12. The first-order chi connectivity index (χ1) is 13.3. The summed E-state index contributed by atoms with van der Waals surface area (Å²) >= 11 is 0. The fraction of sp³-hybridized carbons (Fsp3) is 0.318. The van der Waals surface area contributed by atoms with Crippen LogP contribution in [-0.4, -0.2) is 20.7 Å². The van der Waals surface area contributed by atoms with E-state index in [1.165, 1.54) is 17.2 Å². The van der Waals surface area contributed by atoms with Crippen molar-refractivity contribution in [2.45, 2.75) is 47.8 Å². The number of aromatic nitrogens is 3. The molecule has 0 fully saturated rings. The highest BCUT2D eigenvalue weighted by Crippen LogP contribution is 2.17. The van der Waals surface area contributed by atoms with Crippen LogP contribution >= 0.6 is 0 Å². The van der Waals surface area contributed by atoms with Crippen molar-refractivity contribution in [3.8, 4) is 0 Å². The Morgan fingerprint density at radius 3 is 2.46 bits per heavy atom. The zero-order valence-electron chi connectivity index (χ0n) is 16.9. The molecule has 0 aliphatic carbocycles. The van der Waals surface area contributed by atoms with Gasteiger partial charge in [-0.25, -0.2) is 9.78 Å². The normalized spacial score (nSPS) is 11.3. The molecule has 0 amide bonds. The van der Waals surface area contributed by atoms with Crippen LogP contribution in [0.3, 0.4) is 0 Å². The molecule has 0 N–H and O–H groups in total. The van der Waals surface area contributed by atoms with Crippen LogP contribution in [0.4, 0.5) is 0 Å². The molecule has 1 aromatic carbocycles. The van der Waals surface area contributed by atoms with E-state index >= 15 is 0 Å². The number of ether oxygens (including phenoxy) is 1. The minimum atomic E-state index is -0.446. The number of esters is 1. The molecule has 2 heterocycles. The van der Waals surface area contributed by atoms with Crippen LogP contribution in [0.15, 0.2) is 34.8 Å². The number of hydrogen-bond donors (Lipinski definition) is 0. The second-order valence-corrected chi connectivity index (χ2v) is 6.92. The fourth-order valence-corrected chi connectivity index (χ4v) is 2.91. The van der Waals surface area contributed by atoms with Gasteiger partial charge in [0.25, 0.3) is 0 Å². The Labute approximate surface area is 164 Å². The second kappa shape index (κ2) is 8.25. The van der Waals surface area contributed by atoms with Gasteiger partial charge in [0.15, 0.2) is 6.61 Å². The third-order valence-electron chi connectivity index (χ3n) is 4.69. The molecule has 0 aliphatic heterocycles. The van der Waals surface area contributed by atoms with Crippen LogP contribution in [-0.2, 0) is 22.7 Å². The van der Waals surface area contributed by atoms with E-state index in [0.717, 1.165) is 28.4 Å². The van der Waals surface area contributed by atoms with Crippen molar-refractivity contribution in [1.29, 1.82) is 0 Å². The summed E-state index contributed by atoms with van der Waals surface area (Å²) in [4.78, 5) is 16.2. The van der Waals surface area contributed by atoms with Crippen molar-refractivity contribution in [3.05, 3.63) is 75.8 Å². The van der Waals surface area contributed by atoms with Crippen LogP contribution in [0, 0.1) is 34.6 Å². The molecule has 0 aliphatic rings. The monoisotopic (exact) mass is 379 g/mol. The molecule has 0 saturated heterocycles. The smallest absolute Gasteiger partial charge is 0.331 e. The molecule has 0 unspecified atom stereocenters. The van der Waals surface area contributed by atoms with Crippen molar-refractivity contribution < 1.29 is 13.9 Å². The maximum absolute atomic E-state index is 12.0. The molecular formula is C22H25N3O3. The van der Waals surface area contributed by atoms with Crippen LogP contribution < -0.4 is 0 Å². The Bertz CT molecular complexity index is 991. The van der Waals surface area contributed by atoms with Crippen molar-refractivity contribution in [3.63, 3.8) is 0 Å². The Hall–Kier alpha value is -3.15. The Kier molecular flexibility index (Phi) is 5.78. The molecule has 0 radical (unpaired) electrons. The van der Waals surface area contributed by atoms with Gasteiger partial charge in [-0.05, 0) is 46.3 Å². The zero-order valence-corrected chi connectivity index (χ0v) is 16.9. The lowest BCUT2D eigenvalue weighted by Gasteiger charge is -2.05. The highest BCUT2D eigenvalue weighted by molar-refractivity contribution is 5.87. The van der Waals surface area contributed by atoms with Gasteiger partial charge < -0.3 is 9.15 Å². The fourth-order valence-electron chi connectivity index (χ4n) is 2.91. The number of hydrogen-bond acceptors (Lipinski definition) is 5. The average molecular weight is 379 g/mol. The van der Waals surface area contributed by atoms with E-state index in [0.29, 0.717) is 12.4 Å². The summed E-state index contributed by atoms with van der Waals surface area (Å²) in [6.07, 6.45) is 3.16. The van der Waals surface area contributed by atoms with E-state index in [2.05, 4.69) is 41.3 Å². The number of nitrogens with zero attached hydrogens (tertiary/aromatic N) is 3. The summed E-state index contributed by atoms with van der Waals surface area (Å²) in [6.45, 7) is 10.4. The van der Waals surface area contributed by atoms with Crippen molar-refractivity contribution in [1.82, 2.24) is 14.8 Å². The summed E-state index contributed by atoms with van der Waals surface area (Å²) in [7, 11) is 0. The largest absolute Gasteiger partial charge is 0.453 e. The van der Waals surface area contributed by atoms with E-state index in [4.69, 9.17) is 9.15 Å². The highest BCUT2D eigenvalue weighted by Gasteiger charge is 2.11. The van der Waals surface area contributed by atoms with E-state index in [9.17, 15) is 4.79 Å². The van der Waals surface area contributed by atoms with Gasteiger partial charge >= 0.3 is 5.97 Å². The lowest BCUT2D eigenvalue weighted by molar-refractivity contribution is -0.139. The van der Waals surface area contributed by atoms with Gasteiger partial charge in [-0.15, -0.1) is 0 Å². The van der Waals surface area contributed by atoms with Crippen LogP contribution in [0.5, 0.6) is 0 Å². The van der Waals surface area contributed by atoms with Crippen molar-refractivity contribution in [2.75, 3.05) is 0 Å². The van der Waals surface area contributed by atoms with Gasteiger partial charge in [-0.1, -0.05) is 29.8 Å². The van der Waals surface area contributed by atoms with Gasteiger partial charge in [-0.3, -0.25) is 4.68 Å². The van der Waals surface area contributed by atoms with Crippen LogP contribution in [0.25, 0.3) is 6.08 Å². The summed E-state index contributed by atoms with van der Waals surface area (Å²) in [5.74, 6) is 0.683. The minimum absolute atomic E-state index is 0.0164. The molecule has 28 heavy (non-hydrogen) atoms. The third-order valence-corrected chi connectivity index (χ3v) is 4.69. The Balaban J connectivity index is 1.65. The maximum atomic E-state index is 12.0. The number of aryl methyl sites for hydroxylation is 4. The summed E-state index contributed by atoms with van der Waals surface area (Å²) in [5, 5.41) is 4.60. The molecule has 0 saturated carbocycles. The highest BCUT2D eigenvalue weighted by atomic mass is 16.5. The third kappa shape index (κ3) is 4.57. The topological polar surface area (TPSA) is 70.2 Å². The van der Waals surface area contributed by atoms with Gasteiger partial charge in [0, 0.05) is 17.3 Å². The minimum Gasteiger partial charge on any atom is -0.453 e. The number of oxazole rings is 1. The molecule has 0 bridgehead atoms. The van der Waals surface area contributed by atoms with Gasteiger partial charge in [0.1, 0.15) is 5.76 Å². The van der Waals surface area contributed by atoms with Crippen molar-refractivity contribution in [2.24, 2.45) is 0 Å². The van der Waals surface area contributed by atoms with Gasteiger partial charge in [0.2, 0.25) is 5.89 Å². The predicted molar refractivity (Wildman–Crippen MR) is 107 cm³/mol. The molecular weight excluding hydrogens is 354 g/mol. The Morgan fingerprint density at radius 1 is 1.11 bits per heavy atom. The summed E-state index contributed by atoms with van der Waals surface area (Å²) in [5.41, 5.74) is 6.01. The SMILES string of the molecule is Cc1ccc(Cn2nc(C)c(/C=C/C(=O)OCc3nc(C)c(C)o3)c2C)cc1. The first-order valence-corrected chi connectivity index (χ1v) is 9.20. The van der Waals surface area contributed by atoms with E-state index in [-0.39, 0.29) is 6.61 Å². The first-order valence-electron chi connectivity index (χ1n) is 9.20. The molecule has 146 valence electrons. The van der Waals surface area contributed by atoms with Crippen LogP contribution in [0.2, 0.25) is 0 Å². The maximum Gasteiger partial charge on any atom is 0.331 e. The van der Waals surface area contributed by atoms with Gasteiger partial charge in [0.05, 0.1) is 17.9 Å². The van der Waals surface area contributed by atoms with E-state index in [1.807, 2.05) is 32.4 Å². The number of carbonyl (C=O) groups is 1. The lowest BCUT2D eigenvalue weighted by atomic mass is 10.1. The molecule has 2 aromatic heterocycles. The van der Waals surface area contributed by atoms with Crippen molar-refractivity contribution >= 4 is 12.0 Å². The number of carbonyl (C=O) groups excluding carboxylic acids is 1. The molecule has 0 spiro atoms.